The Morgan fingerprint density at radius 3 is 2.09 bits per heavy atom. The van der Waals surface area contributed by atoms with Crippen LogP contribution in [0.1, 0.15) is 27.8 Å². The fourth-order valence-corrected chi connectivity index (χ4v) is 2.54. The highest BCUT2D eigenvalue weighted by Crippen LogP contribution is 2.22. The third kappa shape index (κ3) is 4.08. The Hall–Kier alpha value is -2.86. The first-order valence-electron chi connectivity index (χ1n) is 7.48. The molecule has 0 aliphatic rings. The predicted octanol–water partition coefficient (Wildman–Crippen LogP) is 4.47. The van der Waals surface area contributed by atoms with E-state index in [1.165, 1.54) is 0 Å². The molecule has 0 atom stereocenters. The molecule has 1 amide bonds. The number of rotatable bonds is 3. The van der Waals surface area contributed by atoms with Crippen molar-refractivity contribution in [2.75, 3.05) is 5.32 Å². The number of carbonyl (C=O) groups excluding carboxylic acids is 1. The van der Waals surface area contributed by atoms with Crippen molar-refractivity contribution in [3.05, 3.63) is 69.8 Å². The van der Waals surface area contributed by atoms with Gasteiger partial charge >= 0.3 is 0 Å². The maximum absolute atomic E-state index is 12.4. The number of nitrogens with zero attached hydrogens (tertiary/aromatic N) is 1. The summed E-state index contributed by atoms with van der Waals surface area (Å²) >= 11 is 0. The fraction of sp³-hybridized carbons (Fsp3) is 0.200. The normalized spacial score (nSPS) is 11.0. The molecule has 0 fully saturated rings. The molecule has 0 bridgehead atoms. The van der Waals surface area contributed by atoms with Crippen molar-refractivity contribution in [1.29, 1.82) is 5.26 Å². The molecule has 0 saturated heterocycles. The molecule has 0 radical (unpaired) electrons. The van der Waals surface area contributed by atoms with E-state index in [1.54, 1.807) is 6.08 Å². The zero-order valence-corrected chi connectivity index (χ0v) is 13.9. The number of hydrogen-bond acceptors (Lipinski definition) is 2. The van der Waals surface area contributed by atoms with Crippen LogP contribution in [-0.2, 0) is 4.79 Å². The third-order valence-electron chi connectivity index (χ3n) is 3.67. The molecule has 1 N–H and O–H groups in total. The first-order valence-corrected chi connectivity index (χ1v) is 7.48. The summed E-state index contributed by atoms with van der Waals surface area (Å²) in [6, 6.07) is 13.7. The summed E-state index contributed by atoms with van der Waals surface area (Å²) in [6.45, 7) is 7.91. The topological polar surface area (TPSA) is 52.9 Å². The van der Waals surface area contributed by atoms with Gasteiger partial charge in [-0.05, 0) is 50.5 Å². The number of benzene rings is 2. The SMILES string of the molecule is Cc1ccc(/C=C(/C#N)C(=O)Nc2c(C)cc(C)cc2C)cc1. The third-order valence-corrected chi connectivity index (χ3v) is 3.67. The first kappa shape index (κ1) is 16.5. The van der Waals surface area contributed by atoms with E-state index in [-0.39, 0.29) is 11.5 Å². The molecule has 2 aromatic rings. The van der Waals surface area contributed by atoms with E-state index in [9.17, 15) is 10.1 Å². The maximum atomic E-state index is 12.4. The van der Waals surface area contributed by atoms with Gasteiger partial charge in [0.05, 0.1) is 0 Å². The minimum absolute atomic E-state index is 0.0910. The van der Waals surface area contributed by atoms with Gasteiger partial charge in [0.25, 0.3) is 5.91 Å². The quantitative estimate of drug-likeness (QED) is 0.672. The van der Waals surface area contributed by atoms with Crippen LogP contribution in [0.4, 0.5) is 5.69 Å². The molecule has 0 unspecified atom stereocenters. The molecule has 2 aromatic carbocycles. The largest absolute Gasteiger partial charge is 0.321 e. The molecule has 2 rings (SSSR count). The zero-order valence-electron chi connectivity index (χ0n) is 13.9. The standard InChI is InChI=1S/C20H20N2O/c1-13-5-7-17(8-6-13)11-18(12-21)20(23)22-19-15(3)9-14(2)10-16(19)4/h5-11H,1-4H3,(H,22,23)/b18-11-. The number of carbonyl (C=O) groups is 1. The number of nitrogens with one attached hydrogen (secondary N) is 1. The second-order valence-electron chi connectivity index (χ2n) is 5.81. The monoisotopic (exact) mass is 304 g/mol. The van der Waals surface area contributed by atoms with Crippen molar-refractivity contribution in [1.82, 2.24) is 0 Å². The van der Waals surface area contributed by atoms with E-state index in [4.69, 9.17) is 0 Å². The van der Waals surface area contributed by atoms with E-state index in [1.807, 2.05) is 70.2 Å². The Morgan fingerprint density at radius 1 is 1.00 bits per heavy atom. The Kier molecular flexibility index (Phi) is 4.98. The summed E-state index contributed by atoms with van der Waals surface area (Å²) < 4.78 is 0. The highest BCUT2D eigenvalue weighted by atomic mass is 16.1. The van der Waals surface area contributed by atoms with Crippen LogP contribution in [0.3, 0.4) is 0 Å². The second-order valence-corrected chi connectivity index (χ2v) is 5.81. The van der Waals surface area contributed by atoms with Crippen molar-refractivity contribution in [3.63, 3.8) is 0 Å². The van der Waals surface area contributed by atoms with Gasteiger partial charge in [-0.1, -0.05) is 47.5 Å². The van der Waals surface area contributed by atoms with Gasteiger partial charge in [-0.2, -0.15) is 5.26 Å². The molecular formula is C20H20N2O. The number of hydrogen-bond donors (Lipinski definition) is 1. The van der Waals surface area contributed by atoms with Crippen LogP contribution in [0.25, 0.3) is 6.08 Å². The summed E-state index contributed by atoms with van der Waals surface area (Å²) in [6.07, 6.45) is 1.60. The number of nitriles is 1. The van der Waals surface area contributed by atoms with Gasteiger partial charge < -0.3 is 5.32 Å². The van der Waals surface area contributed by atoms with Crippen LogP contribution in [0, 0.1) is 39.0 Å². The fourth-order valence-electron chi connectivity index (χ4n) is 2.54. The van der Waals surface area contributed by atoms with Crippen LogP contribution in [0.5, 0.6) is 0 Å². The molecule has 0 saturated carbocycles. The number of anilines is 1. The summed E-state index contributed by atoms with van der Waals surface area (Å²) in [5.41, 5.74) is 5.95. The van der Waals surface area contributed by atoms with Crippen molar-refractivity contribution in [3.8, 4) is 6.07 Å². The molecule has 0 heterocycles. The number of aryl methyl sites for hydroxylation is 4. The summed E-state index contributed by atoms with van der Waals surface area (Å²) in [7, 11) is 0. The van der Waals surface area contributed by atoms with Crippen LogP contribution < -0.4 is 5.32 Å². The molecule has 0 aliphatic carbocycles. The molecule has 0 aliphatic heterocycles. The lowest BCUT2D eigenvalue weighted by Gasteiger charge is -2.12. The van der Waals surface area contributed by atoms with Gasteiger partial charge in [0, 0.05) is 5.69 Å². The lowest BCUT2D eigenvalue weighted by Crippen LogP contribution is -2.15. The van der Waals surface area contributed by atoms with E-state index < -0.39 is 0 Å². The molecule has 3 heteroatoms. The van der Waals surface area contributed by atoms with E-state index in [0.29, 0.717) is 0 Å². The van der Waals surface area contributed by atoms with Crippen molar-refractivity contribution < 1.29 is 4.79 Å². The van der Waals surface area contributed by atoms with Crippen molar-refractivity contribution in [2.45, 2.75) is 27.7 Å². The Labute approximate surface area is 137 Å². The molecule has 0 aromatic heterocycles. The van der Waals surface area contributed by atoms with Gasteiger partial charge in [-0.15, -0.1) is 0 Å². The van der Waals surface area contributed by atoms with Gasteiger partial charge in [0.15, 0.2) is 0 Å². The van der Waals surface area contributed by atoms with E-state index in [2.05, 4.69) is 5.32 Å². The van der Waals surface area contributed by atoms with Gasteiger partial charge in [-0.25, -0.2) is 0 Å². The van der Waals surface area contributed by atoms with Crippen LogP contribution in [-0.4, -0.2) is 5.91 Å². The van der Waals surface area contributed by atoms with Crippen LogP contribution in [0.2, 0.25) is 0 Å². The van der Waals surface area contributed by atoms with E-state index in [0.717, 1.165) is 33.5 Å². The van der Waals surface area contributed by atoms with Crippen LogP contribution >= 0.6 is 0 Å². The lowest BCUT2D eigenvalue weighted by atomic mass is 10.0. The molecule has 3 nitrogen and oxygen atoms in total. The Morgan fingerprint density at radius 2 is 1.57 bits per heavy atom. The summed E-state index contributed by atoms with van der Waals surface area (Å²) in [5, 5.41) is 12.2. The highest BCUT2D eigenvalue weighted by molar-refractivity contribution is 6.10. The highest BCUT2D eigenvalue weighted by Gasteiger charge is 2.12. The van der Waals surface area contributed by atoms with Crippen LogP contribution in [0.15, 0.2) is 42.0 Å². The van der Waals surface area contributed by atoms with Gasteiger partial charge in [0.2, 0.25) is 0 Å². The first-order chi connectivity index (χ1) is 10.9. The Bertz CT molecular complexity index is 786. The average Bonchev–Trinajstić information content (AvgIpc) is 2.50. The minimum atomic E-state index is -0.386. The molecule has 0 spiro atoms. The molecule has 23 heavy (non-hydrogen) atoms. The zero-order chi connectivity index (χ0) is 17.0. The van der Waals surface area contributed by atoms with Gasteiger partial charge in [-0.3, -0.25) is 4.79 Å². The Balaban J connectivity index is 2.28. The van der Waals surface area contributed by atoms with Crippen molar-refractivity contribution >= 4 is 17.7 Å². The lowest BCUT2D eigenvalue weighted by molar-refractivity contribution is -0.112. The average molecular weight is 304 g/mol. The summed E-state index contributed by atoms with van der Waals surface area (Å²) in [4.78, 5) is 12.4. The summed E-state index contributed by atoms with van der Waals surface area (Å²) in [5.74, 6) is -0.386. The predicted molar refractivity (Wildman–Crippen MR) is 94.1 cm³/mol. The van der Waals surface area contributed by atoms with Crippen molar-refractivity contribution in [2.24, 2.45) is 0 Å². The smallest absolute Gasteiger partial charge is 0.266 e. The van der Waals surface area contributed by atoms with Gasteiger partial charge in [0.1, 0.15) is 11.6 Å². The maximum Gasteiger partial charge on any atom is 0.266 e. The molecular weight excluding hydrogens is 284 g/mol. The van der Waals surface area contributed by atoms with E-state index >= 15 is 0 Å². The molecule has 116 valence electrons. The minimum Gasteiger partial charge on any atom is -0.321 e. The second kappa shape index (κ2) is 6.93. The number of amides is 1.